The predicted molar refractivity (Wildman–Crippen MR) is 93.7 cm³/mol. The molecule has 0 aliphatic heterocycles. The molecule has 2 rings (SSSR count). The Morgan fingerprint density at radius 3 is 2.46 bits per heavy atom. The third kappa shape index (κ3) is 3.03. The molecule has 2 aliphatic carbocycles. The van der Waals surface area contributed by atoms with E-state index >= 15 is 0 Å². The van der Waals surface area contributed by atoms with Gasteiger partial charge in [-0.15, -0.1) is 0 Å². The van der Waals surface area contributed by atoms with E-state index in [2.05, 4.69) is 20.8 Å². The van der Waals surface area contributed by atoms with E-state index in [-0.39, 0.29) is 10.8 Å². The monoisotopic (exact) mass is 334 g/mol. The van der Waals surface area contributed by atoms with Crippen molar-refractivity contribution in [2.24, 2.45) is 22.7 Å². The van der Waals surface area contributed by atoms with Gasteiger partial charge in [0.2, 0.25) is 0 Å². The van der Waals surface area contributed by atoms with Gasteiger partial charge in [0.15, 0.2) is 0 Å². The molecule has 4 heteroatoms. The van der Waals surface area contributed by atoms with Gasteiger partial charge in [-0.25, -0.2) is 9.59 Å². The Hall–Kier alpha value is -1.58. The first-order valence-electron chi connectivity index (χ1n) is 8.86. The third-order valence-electron chi connectivity index (χ3n) is 7.19. The summed E-state index contributed by atoms with van der Waals surface area (Å²) in [5, 5.41) is 18.5. The van der Waals surface area contributed by atoms with Gasteiger partial charge in [-0.05, 0) is 68.6 Å². The smallest absolute Gasteiger partial charge is 0.331 e. The first kappa shape index (κ1) is 18.8. The summed E-state index contributed by atoms with van der Waals surface area (Å²) in [6.45, 7) is 10.6. The number of hydrogen-bond donors (Lipinski definition) is 2. The highest BCUT2D eigenvalue weighted by Gasteiger charge is 2.56. The zero-order chi connectivity index (χ0) is 18.3. The van der Waals surface area contributed by atoms with E-state index < -0.39 is 11.9 Å². The number of aliphatic carboxylic acids is 2. The van der Waals surface area contributed by atoms with Crippen molar-refractivity contribution < 1.29 is 19.8 Å². The van der Waals surface area contributed by atoms with Crippen molar-refractivity contribution >= 4 is 11.9 Å². The largest absolute Gasteiger partial charge is 0.478 e. The van der Waals surface area contributed by atoms with Crippen molar-refractivity contribution in [3.63, 3.8) is 0 Å². The second-order valence-electron chi connectivity index (χ2n) is 8.36. The van der Waals surface area contributed by atoms with Crippen LogP contribution in [0.2, 0.25) is 0 Å². The molecule has 4 atom stereocenters. The summed E-state index contributed by atoms with van der Waals surface area (Å²) in [6, 6.07) is 0. The van der Waals surface area contributed by atoms with Gasteiger partial charge in [0.1, 0.15) is 0 Å². The van der Waals surface area contributed by atoms with E-state index in [1.54, 1.807) is 0 Å². The summed E-state index contributed by atoms with van der Waals surface area (Å²) in [5.74, 6) is -0.850. The minimum atomic E-state index is -0.897. The molecule has 4 nitrogen and oxygen atoms in total. The van der Waals surface area contributed by atoms with Crippen molar-refractivity contribution in [1.29, 1.82) is 0 Å². The second kappa shape index (κ2) is 6.38. The van der Waals surface area contributed by atoms with Crippen LogP contribution in [0.3, 0.4) is 0 Å². The first-order chi connectivity index (χ1) is 11.0. The molecule has 1 saturated carbocycles. The zero-order valence-electron chi connectivity index (χ0n) is 15.5. The van der Waals surface area contributed by atoms with Crippen LogP contribution in [0.5, 0.6) is 0 Å². The Morgan fingerprint density at radius 1 is 1.29 bits per heavy atom. The van der Waals surface area contributed by atoms with Crippen LogP contribution in [-0.2, 0) is 9.59 Å². The number of hydrogen-bond acceptors (Lipinski definition) is 2. The Kier molecular flexibility index (Phi) is 4.98. The fourth-order valence-electron chi connectivity index (χ4n) is 5.12. The van der Waals surface area contributed by atoms with Crippen molar-refractivity contribution in [3.05, 3.63) is 22.8 Å². The second-order valence-corrected chi connectivity index (χ2v) is 8.36. The molecule has 0 aromatic rings. The third-order valence-corrected chi connectivity index (χ3v) is 7.19. The molecule has 0 bridgehead atoms. The average Bonchev–Trinajstić information content (AvgIpc) is 2.75. The Bertz CT molecular complexity index is 615. The molecular weight excluding hydrogens is 304 g/mol. The molecule has 2 N–H and O–H groups in total. The van der Waals surface area contributed by atoms with E-state index in [4.69, 9.17) is 5.11 Å². The molecule has 0 amide bonds. The average molecular weight is 334 g/mol. The topological polar surface area (TPSA) is 74.6 Å². The molecule has 134 valence electrons. The van der Waals surface area contributed by atoms with Gasteiger partial charge in [0, 0.05) is 11.6 Å². The SMILES string of the molecule is CC(=CC(=O)O)CC[C@@]1(C)[C@H](C)CC[C@@]2(C)C(C)=C(C(=O)O)C[C@H]12. The summed E-state index contributed by atoms with van der Waals surface area (Å²) in [5.41, 5.74) is 2.51. The van der Waals surface area contributed by atoms with Crippen LogP contribution in [0, 0.1) is 22.7 Å². The molecule has 0 aromatic carbocycles. The van der Waals surface area contributed by atoms with Crippen molar-refractivity contribution in [1.82, 2.24) is 0 Å². The van der Waals surface area contributed by atoms with Crippen molar-refractivity contribution in [2.75, 3.05) is 0 Å². The number of fused-ring (bicyclic) bond motifs is 1. The molecule has 2 aliphatic rings. The van der Waals surface area contributed by atoms with Gasteiger partial charge >= 0.3 is 11.9 Å². The van der Waals surface area contributed by atoms with E-state index in [9.17, 15) is 14.7 Å². The standard InChI is InChI=1S/C20H30O4/c1-12(10-17(21)22)6-8-19(4)13(2)7-9-20(5)14(3)15(18(23)24)11-16(19)20/h10,13,16H,6-9,11H2,1-5H3,(H,21,22)(H,23,24)/t13-,16-,19+,20+/m1/s1. The predicted octanol–water partition coefficient (Wildman–Crippen LogP) is 4.66. The van der Waals surface area contributed by atoms with Crippen molar-refractivity contribution in [3.8, 4) is 0 Å². The number of carbonyl (C=O) groups is 2. The summed E-state index contributed by atoms with van der Waals surface area (Å²) in [6.07, 6.45) is 5.72. The molecule has 0 heterocycles. The Morgan fingerprint density at radius 2 is 1.92 bits per heavy atom. The molecule has 0 aromatic heterocycles. The van der Waals surface area contributed by atoms with Gasteiger partial charge in [0.25, 0.3) is 0 Å². The quantitative estimate of drug-likeness (QED) is 0.717. The summed E-state index contributed by atoms with van der Waals surface area (Å²) in [4.78, 5) is 22.5. The lowest BCUT2D eigenvalue weighted by atomic mass is 9.50. The highest BCUT2D eigenvalue weighted by molar-refractivity contribution is 5.88. The molecule has 1 fully saturated rings. The molecular formula is C20H30O4. The maximum atomic E-state index is 11.6. The van der Waals surface area contributed by atoms with Crippen molar-refractivity contribution in [2.45, 2.75) is 66.7 Å². The van der Waals surface area contributed by atoms with E-state index in [1.807, 2.05) is 13.8 Å². The van der Waals surface area contributed by atoms with Crippen LogP contribution in [0.25, 0.3) is 0 Å². The lowest BCUT2D eigenvalue weighted by Crippen LogP contribution is -2.46. The maximum absolute atomic E-state index is 11.6. The molecule has 0 unspecified atom stereocenters. The minimum absolute atomic E-state index is 0.0268. The van der Waals surface area contributed by atoms with E-state index in [1.165, 1.54) is 6.08 Å². The molecule has 0 radical (unpaired) electrons. The van der Waals surface area contributed by atoms with E-state index in [0.29, 0.717) is 23.8 Å². The number of rotatable bonds is 5. The van der Waals surface area contributed by atoms with Crippen LogP contribution in [0.1, 0.15) is 66.7 Å². The first-order valence-corrected chi connectivity index (χ1v) is 8.86. The van der Waals surface area contributed by atoms with E-state index in [0.717, 1.165) is 36.8 Å². The lowest BCUT2D eigenvalue weighted by Gasteiger charge is -2.54. The van der Waals surface area contributed by atoms with Crippen LogP contribution >= 0.6 is 0 Å². The van der Waals surface area contributed by atoms with Crippen LogP contribution in [0.15, 0.2) is 22.8 Å². The molecule has 24 heavy (non-hydrogen) atoms. The number of allylic oxidation sites excluding steroid dienone is 2. The zero-order valence-corrected chi connectivity index (χ0v) is 15.5. The fraction of sp³-hybridized carbons (Fsp3) is 0.700. The van der Waals surface area contributed by atoms with Crippen LogP contribution in [0.4, 0.5) is 0 Å². The normalized spacial score (nSPS) is 36.6. The summed E-state index contributed by atoms with van der Waals surface area (Å²) in [7, 11) is 0. The summed E-state index contributed by atoms with van der Waals surface area (Å²) < 4.78 is 0. The van der Waals surface area contributed by atoms with Gasteiger partial charge in [-0.2, -0.15) is 0 Å². The van der Waals surface area contributed by atoms with Gasteiger partial charge in [-0.1, -0.05) is 31.9 Å². The molecule has 0 saturated heterocycles. The Balaban J connectivity index is 2.29. The van der Waals surface area contributed by atoms with Gasteiger partial charge in [0.05, 0.1) is 0 Å². The van der Waals surface area contributed by atoms with Crippen LogP contribution in [-0.4, -0.2) is 22.2 Å². The molecule has 0 spiro atoms. The number of carboxylic acids is 2. The van der Waals surface area contributed by atoms with Crippen LogP contribution < -0.4 is 0 Å². The van der Waals surface area contributed by atoms with Gasteiger partial charge < -0.3 is 10.2 Å². The Labute approximate surface area is 144 Å². The summed E-state index contributed by atoms with van der Waals surface area (Å²) >= 11 is 0. The highest BCUT2D eigenvalue weighted by Crippen LogP contribution is 2.64. The highest BCUT2D eigenvalue weighted by atomic mass is 16.4. The minimum Gasteiger partial charge on any atom is -0.478 e. The fourth-order valence-corrected chi connectivity index (χ4v) is 5.12. The number of carboxylic acid groups (broad SMARTS) is 2. The lowest BCUT2D eigenvalue weighted by molar-refractivity contribution is -0.133. The van der Waals surface area contributed by atoms with Gasteiger partial charge in [-0.3, -0.25) is 0 Å². The maximum Gasteiger partial charge on any atom is 0.331 e.